The molecule has 0 spiro atoms. The van der Waals surface area contributed by atoms with Crippen molar-refractivity contribution in [1.29, 1.82) is 0 Å². The van der Waals surface area contributed by atoms with Crippen molar-refractivity contribution < 1.29 is 14.7 Å². The molecule has 0 rings (SSSR count). The van der Waals surface area contributed by atoms with E-state index in [2.05, 4.69) is 24.5 Å². The highest BCUT2D eigenvalue weighted by atomic mass is 16.3. The summed E-state index contributed by atoms with van der Waals surface area (Å²) in [5.41, 5.74) is 4.17. The summed E-state index contributed by atoms with van der Waals surface area (Å²) in [4.78, 5) is 23.9. The number of nitrogens with one attached hydrogen (secondary N) is 2. The van der Waals surface area contributed by atoms with Crippen LogP contribution in [0.5, 0.6) is 0 Å². The third-order valence-corrected chi connectivity index (χ3v) is 4.17. The van der Waals surface area contributed by atoms with Crippen LogP contribution in [-0.4, -0.2) is 42.2 Å². The number of carbonyl (C=O) groups is 2. The molecular formula is C17H35N3O3. The van der Waals surface area contributed by atoms with Gasteiger partial charge in [0.2, 0.25) is 11.8 Å². The molecule has 0 radical (unpaired) electrons. The summed E-state index contributed by atoms with van der Waals surface area (Å²) in [6.45, 7) is 11.7. The third-order valence-electron chi connectivity index (χ3n) is 4.17. The Balaban J connectivity index is 4.89. The van der Waals surface area contributed by atoms with E-state index in [1.165, 1.54) is 0 Å². The van der Waals surface area contributed by atoms with Gasteiger partial charge in [0.15, 0.2) is 0 Å². The van der Waals surface area contributed by atoms with Gasteiger partial charge in [-0.3, -0.25) is 9.59 Å². The Morgan fingerprint density at radius 3 is 2.04 bits per heavy atom. The maximum atomic E-state index is 12.4. The standard InChI is InChI=1S/C17H35N3O3/c1-15(2,10-12(19-7)13(18)22)11-17(5,6)20-14(23)16(3,4)8-9-21/h12,19,21H,8-11H2,1-7H3,(H2,18,22)(H,20,23). The van der Waals surface area contributed by atoms with Crippen LogP contribution in [0.15, 0.2) is 0 Å². The van der Waals surface area contributed by atoms with Gasteiger partial charge in [-0.1, -0.05) is 27.7 Å². The molecule has 0 aliphatic rings. The lowest BCUT2D eigenvalue weighted by Gasteiger charge is -2.39. The van der Waals surface area contributed by atoms with Crippen molar-refractivity contribution in [3.63, 3.8) is 0 Å². The van der Waals surface area contributed by atoms with Crippen LogP contribution in [0, 0.1) is 10.8 Å². The van der Waals surface area contributed by atoms with Crippen molar-refractivity contribution in [2.45, 2.75) is 72.4 Å². The van der Waals surface area contributed by atoms with Crippen LogP contribution < -0.4 is 16.4 Å². The van der Waals surface area contributed by atoms with Gasteiger partial charge in [-0.2, -0.15) is 0 Å². The second-order valence-corrected chi connectivity index (χ2v) is 8.48. The monoisotopic (exact) mass is 329 g/mol. The van der Waals surface area contributed by atoms with Crippen LogP contribution >= 0.6 is 0 Å². The molecule has 0 aromatic rings. The lowest BCUT2D eigenvalue weighted by molar-refractivity contribution is -0.132. The molecule has 0 saturated heterocycles. The lowest BCUT2D eigenvalue weighted by atomic mass is 9.75. The van der Waals surface area contributed by atoms with Crippen LogP contribution in [0.3, 0.4) is 0 Å². The SMILES string of the molecule is CNC(CC(C)(C)CC(C)(C)NC(=O)C(C)(C)CCO)C(N)=O. The Morgan fingerprint density at radius 1 is 1.13 bits per heavy atom. The van der Waals surface area contributed by atoms with Crippen molar-refractivity contribution in [1.82, 2.24) is 10.6 Å². The molecule has 0 saturated carbocycles. The van der Waals surface area contributed by atoms with Gasteiger partial charge in [0.1, 0.15) is 0 Å². The fourth-order valence-electron chi connectivity index (χ4n) is 3.08. The average molecular weight is 329 g/mol. The number of likely N-dealkylation sites (N-methyl/N-ethyl adjacent to an activating group) is 1. The summed E-state index contributed by atoms with van der Waals surface area (Å²) in [5.74, 6) is -0.445. The number of carbonyl (C=O) groups excluding carboxylic acids is 2. The van der Waals surface area contributed by atoms with Gasteiger partial charge in [0.25, 0.3) is 0 Å². The van der Waals surface area contributed by atoms with Gasteiger partial charge in [0.05, 0.1) is 6.04 Å². The molecule has 0 aliphatic carbocycles. The summed E-state index contributed by atoms with van der Waals surface area (Å²) < 4.78 is 0. The Morgan fingerprint density at radius 2 is 1.65 bits per heavy atom. The highest BCUT2D eigenvalue weighted by Crippen LogP contribution is 2.33. The summed E-state index contributed by atoms with van der Waals surface area (Å²) in [6.07, 6.45) is 1.71. The molecule has 136 valence electrons. The molecule has 0 aliphatic heterocycles. The van der Waals surface area contributed by atoms with Gasteiger partial charge < -0.3 is 21.5 Å². The predicted molar refractivity (Wildman–Crippen MR) is 92.8 cm³/mol. The Bertz CT molecular complexity index is 417. The number of primary amides is 1. The summed E-state index contributed by atoms with van der Waals surface area (Å²) >= 11 is 0. The van der Waals surface area contributed by atoms with Crippen molar-refractivity contribution >= 4 is 11.8 Å². The summed E-state index contributed by atoms with van der Waals surface area (Å²) in [6, 6.07) is -0.387. The molecule has 6 heteroatoms. The molecule has 2 amide bonds. The van der Waals surface area contributed by atoms with Crippen molar-refractivity contribution in [3.8, 4) is 0 Å². The minimum atomic E-state index is -0.614. The average Bonchev–Trinajstić information content (AvgIpc) is 2.33. The van der Waals surface area contributed by atoms with E-state index < -0.39 is 11.0 Å². The second kappa shape index (κ2) is 8.11. The van der Waals surface area contributed by atoms with Crippen LogP contribution in [0.2, 0.25) is 0 Å². The number of hydrogen-bond donors (Lipinski definition) is 4. The molecule has 1 atom stereocenters. The molecular weight excluding hydrogens is 294 g/mol. The number of hydrogen-bond acceptors (Lipinski definition) is 4. The normalized spacial score (nSPS) is 14.4. The minimum absolute atomic E-state index is 0.0190. The van der Waals surface area contributed by atoms with Gasteiger partial charge in [-0.05, 0) is 45.6 Å². The fourth-order valence-corrected chi connectivity index (χ4v) is 3.08. The molecule has 1 unspecified atom stereocenters. The van der Waals surface area contributed by atoms with Gasteiger partial charge in [0, 0.05) is 17.6 Å². The zero-order valence-corrected chi connectivity index (χ0v) is 15.7. The van der Waals surface area contributed by atoms with Crippen LogP contribution in [0.25, 0.3) is 0 Å². The molecule has 0 heterocycles. The van der Waals surface area contributed by atoms with E-state index in [0.717, 1.165) is 0 Å². The molecule has 6 nitrogen and oxygen atoms in total. The van der Waals surface area contributed by atoms with Gasteiger partial charge in [-0.15, -0.1) is 0 Å². The molecule has 0 aromatic heterocycles. The maximum Gasteiger partial charge on any atom is 0.234 e. The first-order valence-electron chi connectivity index (χ1n) is 8.16. The fraction of sp³-hybridized carbons (Fsp3) is 0.882. The zero-order valence-electron chi connectivity index (χ0n) is 15.7. The van der Waals surface area contributed by atoms with Gasteiger partial charge in [-0.25, -0.2) is 0 Å². The van der Waals surface area contributed by atoms with Gasteiger partial charge >= 0.3 is 0 Å². The van der Waals surface area contributed by atoms with E-state index >= 15 is 0 Å². The first-order valence-corrected chi connectivity index (χ1v) is 8.16. The number of amides is 2. The van der Waals surface area contributed by atoms with E-state index in [9.17, 15) is 9.59 Å². The lowest BCUT2D eigenvalue weighted by Crippen LogP contribution is -2.52. The topological polar surface area (TPSA) is 104 Å². The zero-order chi connectivity index (χ0) is 18.5. The smallest absolute Gasteiger partial charge is 0.234 e. The molecule has 0 fully saturated rings. The van der Waals surface area contributed by atoms with E-state index in [4.69, 9.17) is 10.8 Å². The largest absolute Gasteiger partial charge is 0.396 e. The first-order chi connectivity index (χ1) is 10.3. The predicted octanol–water partition coefficient (Wildman–Crippen LogP) is 1.17. The first kappa shape index (κ1) is 21.9. The Hall–Kier alpha value is -1.14. The second-order valence-electron chi connectivity index (χ2n) is 8.48. The molecule has 0 aromatic carbocycles. The summed E-state index contributed by atoms with van der Waals surface area (Å²) in [5, 5.41) is 15.1. The number of aliphatic hydroxyl groups is 1. The number of nitrogens with two attached hydrogens (primary N) is 1. The third kappa shape index (κ3) is 7.79. The summed E-state index contributed by atoms with van der Waals surface area (Å²) in [7, 11) is 1.72. The van der Waals surface area contributed by atoms with E-state index in [0.29, 0.717) is 19.3 Å². The van der Waals surface area contributed by atoms with Crippen molar-refractivity contribution in [2.24, 2.45) is 16.6 Å². The van der Waals surface area contributed by atoms with Crippen LogP contribution in [-0.2, 0) is 9.59 Å². The number of rotatable bonds is 10. The Kier molecular flexibility index (Phi) is 7.70. The van der Waals surface area contributed by atoms with Crippen molar-refractivity contribution in [3.05, 3.63) is 0 Å². The molecule has 5 N–H and O–H groups in total. The van der Waals surface area contributed by atoms with Crippen molar-refractivity contribution in [2.75, 3.05) is 13.7 Å². The maximum absolute atomic E-state index is 12.4. The highest BCUT2D eigenvalue weighted by molar-refractivity contribution is 5.82. The van der Waals surface area contributed by atoms with Crippen LogP contribution in [0.4, 0.5) is 0 Å². The number of aliphatic hydroxyl groups excluding tert-OH is 1. The molecule has 0 bridgehead atoms. The van der Waals surface area contributed by atoms with Crippen LogP contribution in [0.1, 0.15) is 60.8 Å². The van der Waals surface area contributed by atoms with E-state index in [1.807, 2.05) is 27.7 Å². The minimum Gasteiger partial charge on any atom is -0.396 e. The van der Waals surface area contributed by atoms with E-state index in [-0.39, 0.29) is 29.9 Å². The molecule has 23 heavy (non-hydrogen) atoms. The van der Waals surface area contributed by atoms with E-state index in [1.54, 1.807) is 7.05 Å². The quantitative estimate of drug-likeness (QED) is 0.483. The Labute approximate surface area is 140 Å². The highest BCUT2D eigenvalue weighted by Gasteiger charge is 2.36.